The van der Waals surface area contributed by atoms with E-state index in [4.69, 9.17) is 14.6 Å². The molecule has 0 saturated carbocycles. The molecule has 0 saturated heterocycles. The van der Waals surface area contributed by atoms with Crippen LogP contribution in [0.4, 0.5) is 0 Å². The quantitative estimate of drug-likeness (QED) is 0.227. The Morgan fingerprint density at radius 2 is 1.59 bits per heavy atom. The molecule has 9 nitrogen and oxygen atoms in total. The van der Waals surface area contributed by atoms with Crippen molar-refractivity contribution in [1.29, 1.82) is 0 Å². The van der Waals surface area contributed by atoms with E-state index in [2.05, 4.69) is 23.8 Å². The van der Waals surface area contributed by atoms with Gasteiger partial charge >= 0.3 is 11.9 Å². The minimum absolute atomic E-state index is 0.0340. The number of hydrogen-bond acceptors (Lipinski definition) is 7. The average molecular weight is 517 g/mol. The van der Waals surface area contributed by atoms with Gasteiger partial charge in [-0.3, -0.25) is 19.2 Å². The van der Waals surface area contributed by atoms with Crippen LogP contribution in [-0.4, -0.2) is 54.2 Å². The van der Waals surface area contributed by atoms with Crippen molar-refractivity contribution in [2.45, 2.75) is 58.2 Å². The first-order valence-electron chi connectivity index (χ1n) is 12.3. The van der Waals surface area contributed by atoms with Gasteiger partial charge < -0.3 is 25.2 Å². The number of benzene rings is 1. The topological polar surface area (TPSA) is 131 Å². The van der Waals surface area contributed by atoms with Crippen molar-refractivity contribution in [3.05, 3.63) is 61.2 Å². The molecule has 0 spiro atoms. The van der Waals surface area contributed by atoms with Crippen molar-refractivity contribution in [2.75, 3.05) is 19.7 Å². The van der Waals surface area contributed by atoms with Crippen LogP contribution in [0.1, 0.15) is 58.1 Å². The fourth-order valence-corrected chi connectivity index (χ4v) is 3.49. The highest BCUT2D eigenvalue weighted by molar-refractivity contribution is 5.86. The Morgan fingerprint density at radius 3 is 2.16 bits per heavy atom. The zero-order valence-electron chi connectivity index (χ0n) is 22.0. The van der Waals surface area contributed by atoms with Crippen LogP contribution in [0.5, 0.6) is 0 Å². The predicted molar refractivity (Wildman–Crippen MR) is 140 cm³/mol. The van der Waals surface area contributed by atoms with Crippen molar-refractivity contribution in [3.8, 4) is 0 Å². The molecule has 1 aromatic carbocycles. The average Bonchev–Trinajstić information content (AvgIpc) is 2.83. The van der Waals surface area contributed by atoms with Gasteiger partial charge in [0, 0.05) is 13.0 Å². The summed E-state index contributed by atoms with van der Waals surface area (Å²) in [4.78, 5) is 50.3. The zero-order chi connectivity index (χ0) is 27.8. The summed E-state index contributed by atoms with van der Waals surface area (Å²) in [5.41, 5.74) is -0.0279. The third-order valence-corrected chi connectivity index (χ3v) is 5.20. The Labute approximate surface area is 219 Å². The molecule has 0 bridgehead atoms. The molecular formula is C28H40N2O7. The van der Waals surface area contributed by atoms with Crippen LogP contribution < -0.4 is 10.6 Å². The molecule has 204 valence electrons. The Hall–Kier alpha value is -3.46. The number of carbonyl (C=O) groups excluding carboxylic acids is 4. The number of rotatable bonds is 16. The van der Waals surface area contributed by atoms with Gasteiger partial charge in [-0.05, 0) is 39.2 Å². The molecule has 9 heteroatoms. The van der Waals surface area contributed by atoms with E-state index in [1.54, 1.807) is 51.1 Å². The van der Waals surface area contributed by atoms with Gasteiger partial charge in [-0.25, -0.2) is 0 Å². The van der Waals surface area contributed by atoms with Crippen molar-refractivity contribution in [2.24, 2.45) is 11.8 Å². The van der Waals surface area contributed by atoms with Crippen molar-refractivity contribution < 1.29 is 33.8 Å². The third-order valence-electron chi connectivity index (χ3n) is 5.20. The molecule has 0 aliphatic carbocycles. The van der Waals surface area contributed by atoms with Gasteiger partial charge in [-0.15, -0.1) is 13.2 Å². The summed E-state index contributed by atoms with van der Waals surface area (Å²) in [5.74, 6) is -3.36. The molecule has 37 heavy (non-hydrogen) atoms. The molecule has 0 aromatic heterocycles. The first kappa shape index (κ1) is 31.6. The summed E-state index contributed by atoms with van der Waals surface area (Å²) in [5, 5.41) is 14.2. The molecule has 0 radical (unpaired) electrons. The number of esters is 2. The molecule has 1 rings (SSSR count). The van der Waals surface area contributed by atoms with Gasteiger partial charge in [0.1, 0.15) is 11.7 Å². The number of aliphatic hydroxyl groups is 1. The Kier molecular flexibility index (Phi) is 13.9. The van der Waals surface area contributed by atoms with E-state index in [1.807, 2.05) is 6.07 Å². The summed E-state index contributed by atoms with van der Waals surface area (Å²) in [6.07, 6.45) is 2.51. The number of aliphatic hydroxyl groups excluding tert-OH is 1. The molecule has 1 aromatic rings. The number of ether oxygens (including phenoxy) is 2. The second-order valence-electron chi connectivity index (χ2n) is 9.59. The first-order valence-corrected chi connectivity index (χ1v) is 12.3. The summed E-state index contributed by atoms with van der Waals surface area (Å²) < 4.78 is 11.1. The highest BCUT2D eigenvalue weighted by atomic mass is 16.6. The lowest BCUT2D eigenvalue weighted by atomic mass is 9.99. The van der Waals surface area contributed by atoms with E-state index >= 15 is 0 Å². The van der Waals surface area contributed by atoms with Gasteiger partial charge in [0.15, 0.2) is 0 Å². The number of hydrogen-bond donors (Lipinski definition) is 3. The summed E-state index contributed by atoms with van der Waals surface area (Å²) >= 11 is 0. The fourth-order valence-electron chi connectivity index (χ4n) is 3.49. The lowest BCUT2D eigenvalue weighted by Gasteiger charge is -2.24. The largest absolute Gasteiger partial charge is 0.460 e. The van der Waals surface area contributed by atoms with Gasteiger partial charge in [0.2, 0.25) is 11.8 Å². The van der Waals surface area contributed by atoms with E-state index in [0.29, 0.717) is 5.56 Å². The lowest BCUT2D eigenvalue weighted by molar-refractivity contribution is -0.164. The van der Waals surface area contributed by atoms with Crippen LogP contribution in [0.15, 0.2) is 55.6 Å². The highest BCUT2D eigenvalue weighted by Crippen LogP contribution is 2.23. The standard InChI is InChI=1S/C28H40N2O7/c1-6-11-21(17-24(32)29-15-16-31)26(34)30-19-23(20-13-9-8-10-14-20)36-27(35)22(12-7-2)18-25(33)37-28(3,4)5/h6-10,13-14,21-23,31H,1-2,11-12,15-19H2,3-5H3,(H,29,32)(H,30,34)/t21-,22+,23-/m1/s1. The second-order valence-corrected chi connectivity index (χ2v) is 9.59. The smallest absolute Gasteiger partial charge is 0.310 e. The highest BCUT2D eigenvalue weighted by Gasteiger charge is 2.29. The van der Waals surface area contributed by atoms with Gasteiger partial charge in [-0.1, -0.05) is 42.5 Å². The fraction of sp³-hybridized carbons (Fsp3) is 0.500. The summed E-state index contributed by atoms with van der Waals surface area (Å²) in [6, 6.07) is 8.92. The van der Waals surface area contributed by atoms with Crippen molar-refractivity contribution in [1.82, 2.24) is 10.6 Å². The van der Waals surface area contributed by atoms with E-state index in [0.717, 1.165) is 0 Å². The van der Waals surface area contributed by atoms with Crippen LogP contribution in [0.3, 0.4) is 0 Å². The molecule has 0 aliphatic heterocycles. The maximum atomic E-state index is 13.1. The Bertz CT molecular complexity index is 909. The normalized spacial score (nSPS) is 13.4. The Morgan fingerprint density at radius 1 is 0.973 bits per heavy atom. The molecular weight excluding hydrogens is 476 g/mol. The van der Waals surface area contributed by atoms with Crippen molar-refractivity contribution >= 4 is 23.8 Å². The maximum Gasteiger partial charge on any atom is 0.310 e. The monoisotopic (exact) mass is 516 g/mol. The minimum Gasteiger partial charge on any atom is -0.460 e. The molecule has 0 unspecified atom stereocenters. The number of nitrogens with one attached hydrogen (secondary N) is 2. The van der Waals surface area contributed by atoms with E-state index in [1.165, 1.54) is 6.08 Å². The number of amides is 2. The molecule has 3 atom stereocenters. The van der Waals surface area contributed by atoms with Crippen molar-refractivity contribution in [3.63, 3.8) is 0 Å². The van der Waals surface area contributed by atoms with E-state index in [9.17, 15) is 19.2 Å². The third kappa shape index (κ3) is 12.9. The SMILES string of the molecule is C=CC[C@H](CC(=O)NCCO)C(=O)NC[C@@H](OC(=O)[C@@H](CC=C)CC(=O)OC(C)(C)C)c1ccccc1. The number of allylic oxidation sites excluding steroid dienone is 2. The molecule has 2 amide bonds. The predicted octanol–water partition coefficient (Wildman–Crippen LogP) is 3.00. The Balaban J connectivity index is 2.96. The molecule has 0 heterocycles. The second kappa shape index (κ2) is 16.3. The van der Waals surface area contributed by atoms with Gasteiger partial charge in [-0.2, -0.15) is 0 Å². The lowest BCUT2D eigenvalue weighted by Crippen LogP contribution is -2.38. The van der Waals surface area contributed by atoms with Crippen LogP contribution in [0.25, 0.3) is 0 Å². The van der Waals surface area contributed by atoms with Crippen LogP contribution in [0.2, 0.25) is 0 Å². The van der Waals surface area contributed by atoms with E-state index < -0.39 is 41.4 Å². The molecule has 0 aliphatic rings. The van der Waals surface area contributed by atoms with E-state index in [-0.39, 0.29) is 51.3 Å². The molecule has 0 fully saturated rings. The minimum atomic E-state index is -0.823. The zero-order valence-corrected chi connectivity index (χ0v) is 22.0. The molecule has 3 N–H and O–H groups in total. The maximum absolute atomic E-state index is 13.1. The van der Waals surface area contributed by atoms with Gasteiger partial charge in [0.25, 0.3) is 0 Å². The first-order chi connectivity index (χ1) is 17.5. The van der Waals surface area contributed by atoms with Crippen LogP contribution >= 0.6 is 0 Å². The van der Waals surface area contributed by atoms with Crippen LogP contribution in [-0.2, 0) is 28.7 Å². The van der Waals surface area contributed by atoms with Gasteiger partial charge in [0.05, 0.1) is 31.4 Å². The summed E-state index contributed by atoms with van der Waals surface area (Å²) in [7, 11) is 0. The number of carbonyl (C=O) groups is 4. The van der Waals surface area contributed by atoms with Crippen LogP contribution in [0, 0.1) is 11.8 Å². The summed E-state index contributed by atoms with van der Waals surface area (Å²) in [6.45, 7) is 12.4.